The van der Waals surface area contributed by atoms with Gasteiger partial charge in [-0.1, -0.05) is 12.5 Å². The van der Waals surface area contributed by atoms with Gasteiger partial charge in [0, 0.05) is 17.2 Å². The number of carbonyl (C=O) groups is 1. The third kappa shape index (κ3) is 3.67. The molecule has 0 radical (unpaired) electrons. The fourth-order valence-corrected chi connectivity index (χ4v) is 2.88. The highest BCUT2D eigenvalue weighted by Gasteiger charge is 2.26. The molecular weight excluding hydrogens is 244 g/mol. The summed E-state index contributed by atoms with van der Waals surface area (Å²) in [7, 11) is 0. The van der Waals surface area contributed by atoms with Crippen molar-refractivity contribution in [3.63, 3.8) is 0 Å². The molecule has 0 aliphatic heterocycles. The van der Waals surface area contributed by atoms with Crippen LogP contribution in [-0.4, -0.2) is 10.9 Å². The minimum atomic E-state index is -0.0101. The van der Waals surface area contributed by atoms with E-state index in [1.54, 1.807) is 11.3 Å². The van der Waals surface area contributed by atoms with E-state index in [2.05, 4.69) is 22.3 Å². The number of rotatable bonds is 6. The first-order valence-corrected chi connectivity index (χ1v) is 7.30. The van der Waals surface area contributed by atoms with Crippen LogP contribution in [-0.2, 0) is 11.3 Å². The summed E-state index contributed by atoms with van der Waals surface area (Å²) in [5.41, 5.74) is 2.03. The van der Waals surface area contributed by atoms with E-state index in [1.807, 2.05) is 13.8 Å². The second-order valence-corrected chi connectivity index (χ2v) is 6.12. The SMILES string of the molecule is C=C(C)CC(C)C(=O)NCc1csc(C2CC2)n1. The van der Waals surface area contributed by atoms with Crippen LogP contribution in [0.5, 0.6) is 0 Å². The highest BCUT2D eigenvalue weighted by molar-refractivity contribution is 7.09. The van der Waals surface area contributed by atoms with Crippen molar-refractivity contribution >= 4 is 17.2 Å². The predicted octanol–water partition coefficient (Wildman–Crippen LogP) is 3.24. The number of aromatic nitrogens is 1. The Morgan fingerprint density at radius 2 is 2.39 bits per heavy atom. The van der Waals surface area contributed by atoms with E-state index in [0.29, 0.717) is 12.5 Å². The second kappa shape index (κ2) is 5.65. The molecular formula is C14H20N2OS. The first-order valence-electron chi connectivity index (χ1n) is 6.42. The molecule has 1 atom stereocenters. The first kappa shape index (κ1) is 13.3. The Morgan fingerprint density at radius 1 is 1.67 bits per heavy atom. The fraction of sp³-hybridized carbons (Fsp3) is 0.571. The summed E-state index contributed by atoms with van der Waals surface area (Å²) in [5.74, 6) is 0.768. The van der Waals surface area contributed by atoms with Crippen LogP contribution in [0.15, 0.2) is 17.5 Å². The third-order valence-electron chi connectivity index (χ3n) is 3.04. The summed E-state index contributed by atoms with van der Waals surface area (Å²) in [5, 5.41) is 6.22. The zero-order chi connectivity index (χ0) is 13.1. The molecule has 1 aromatic rings. The van der Waals surface area contributed by atoms with Gasteiger partial charge in [0.1, 0.15) is 0 Å². The van der Waals surface area contributed by atoms with Gasteiger partial charge in [-0.15, -0.1) is 17.9 Å². The van der Waals surface area contributed by atoms with Gasteiger partial charge >= 0.3 is 0 Å². The molecule has 0 saturated heterocycles. The molecule has 1 aliphatic rings. The van der Waals surface area contributed by atoms with Gasteiger partial charge in [-0.3, -0.25) is 4.79 Å². The highest BCUT2D eigenvalue weighted by Crippen LogP contribution is 2.41. The van der Waals surface area contributed by atoms with Crippen molar-refractivity contribution in [3.8, 4) is 0 Å². The monoisotopic (exact) mass is 264 g/mol. The molecule has 1 saturated carbocycles. The van der Waals surface area contributed by atoms with Gasteiger partial charge in [-0.05, 0) is 26.2 Å². The molecule has 1 aromatic heterocycles. The lowest BCUT2D eigenvalue weighted by Crippen LogP contribution is -2.28. The Kier molecular flexibility index (Phi) is 4.17. The zero-order valence-electron chi connectivity index (χ0n) is 11.0. The highest BCUT2D eigenvalue weighted by atomic mass is 32.1. The lowest BCUT2D eigenvalue weighted by molar-refractivity contribution is -0.124. The van der Waals surface area contributed by atoms with Gasteiger partial charge in [0.15, 0.2) is 0 Å². The predicted molar refractivity (Wildman–Crippen MR) is 74.5 cm³/mol. The number of nitrogens with one attached hydrogen (secondary N) is 1. The molecule has 1 fully saturated rings. The summed E-state index contributed by atoms with van der Waals surface area (Å²) >= 11 is 1.71. The van der Waals surface area contributed by atoms with Gasteiger partial charge in [-0.2, -0.15) is 0 Å². The molecule has 1 aliphatic carbocycles. The van der Waals surface area contributed by atoms with Crippen LogP contribution in [0.1, 0.15) is 49.7 Å². The van der Waals surface area contributed by atoms with Crippen molar-refractivity contribution in [2.45, 2.75) is 45.6 Å². The van der Waals surface area contributed by atoms with Gasteiger partial charge in [-0.25, -0.2) is 4.98 Å². The third-order valence-corrected chi connectivity index (χ3v) is 4.10. The van der Waals surface area contributed by atoms with E-state index in [9.17, 15) is 4.79 Å². The van der Waals surface area contributed by atoms with Crippen molar-refractivity contribution in [2.24, 2.45) is 5.92 Å². The Balaban J connectivity index is 1.79. The molecule has 0 bridgehead atoms. The number of allylic oxidation sites excluding steroid dienone is 1. The van der Waals surface area contributed by atoms with Crippen LogP contribution in [0.4, 0.5) is 0 Å². The Hall–Kier alpha value is -1.16. The molecule has 0 aromatic carbocycles. The van der Waals surface area contributed by atoms with Crippen LogP contribution in [0, 0.1) is 5.92 Å². The van der Waals surface area contributed by atoms with Crippen molar-refractivity contribution < 1.29 is 4.79 Å². The molecule has 98 valence electrons. The van der Waals surface area contributed by atoms with Crippen molar-refractivity contribution in [1.29, 1.82) is 0 Å². The number of hydrogen-bond donors (Lipinski definition) is 1. The summed E-state index contributed by atoms with van der Waals surface area (Å²) in [4.78, 5) is 16.4. The average molecular weight is 264 g/mol. The van der Waals surface area contributed by atoms with Gasteiger partial charge in [0.25, 0.3) is 0 Å². The maximum atomic E-state index is 11.8. The maximum Gasteiger partial charge on any atom is 0.223 e. The summed E-state index contributed by atoms with van der Waals surface area (Å²) < 4.78 is 0. The lowest BCUT2D eigenvalue weighted by atomic mass is 10.0. The van der Waals surface area contributed by atoms with Crippen LogP contribution in [0.3, 0.4) is 0 Å². The molecule has 4 heteroatoms. The van der Waals surface area contributed by atoms with Crippen molar-refractivity contribution in [1.82, 2.24) is 10.3 Å². The van der Waals surface area contributed by atoms with Crippen molar-refractivity contribution in [2.75, 3.05) is 0 Å². The standard InChI is InChI=1S/C14H20N2OS/c1-9(2)6-10(3)13(17)15-7-12-8-18-14(16-12)11-4-5-11/h8,10-11H,1,4-7H2,2-3H3,(H,15,17). The number of hydrogen-bond acceptors (Lipinski definition) is 3. The number of amides is 1. The summed E-state index contributed by atoms with van der Waals surface area (Å²) in [6, 6.07) is 0. The van der Waals surface area contributed by atoms with Crippen molar-refractivity contribution in [3.05, 3.63) is 28.2 Å². The Morgan fingerprint density at radius 3 is 3.00 bits per heavy atom. The summed E-state index contributed by atoms with van der Waals surface area (Å²) in [6.45, 7) is 8.26. The fourth-order valence-electron chi connectivity index (χ4n) is 1.89. The average Bonchev–Trinajstić information content (AvgIpc) is 3.05. The first-order chi connectivity index (χ1) is 8.56. The minimum Gasteiger partial charge on any atom is -0.350 e. The smallest absolute Gasteiger partial charge is 0.223 e. The summed E-state index contributed by atoms with van der Waals surface area (Å²) in [6.07, 6.45) is 3.29. The number of carbonyl (C=O) groups excluding carboxylic acids is 1. The van der Waals surface area contributed by atoms with E-state index in [4.69, 9.17) is 0 Å². The zero-order valence-corrected chi connectivity index (χ0v) is 11.8. The molecule has 1 N–H and O–H groups in total. The normalized spacial score (nSPS) is 16.3. The number of nitrogens with zero attached hydrogens (tertiary/aromatic N) is 1. The molecule has 2 rings (SSSR count). The molecule has 3 nitrogen and oxygen atoms in total. The molecule has 1 heterocycles. The Bertz CT molecular complexity index is 448. The molecule has 1 amide bonds. The number of thiazole rings is 1. The quantitative estimate of drug-likeness (QED) is 0.801. The van der Waals surface area contributed by atoms with Crippen LogP contribution < -0.4 is 5.32 Å². The van der Waals surface area contributed by atoms with E-state index in [0.717, 1.165) is 17.7 Å². The van der Waals surface area contributed by atoms with Crippen LogP contribution >= 0.6 is 11.3 Å². The molecule has 0 spiro atoms. The van der Waals surface area contributed by atoms with E-state index < -0.39 is 0 Å². The van der Waals surface area contributed by atoms with Gasteiger partial charge < -0.3 is 5.32 Å². The van der Waals surface area contributed by atoms with Gasteiger partial charge in [0.2, 0.25) is 5.91 Å². The van der Waals surface area contributed by atoms with E-state index in [1.165, 1.54) is 17.8 Å². The second-order valence-electron chi connectivity index (χ2n) is 5.23. The van der Waals surface area contributed by atoms with E-state index in [-0.39, 0.29) is 11.8 Å². The van der Waals surface area contributed by atoms with Crippen LogP contribution in [0.2, 0.25) is 0 Å². The maximum absolute atomic E-state index is 11.8. The largest absolute Gasteiger partial charge is 0.350 e. The lowest BCUT2D eigenvalue weighted by Gasteiger charge is -2.10. The molecule has 18 heavy (non-hydrogen) atoms. The van der Waals surface area contributed by atoms with Gasteiger partial charge in [0.05, 0.1) is 17.2 Å². The van der Waals surface area contributed by atoms with Crippen LogP contribution in [0.25, 0.3) is 0 Å². The molecule has 1 unspecified atom stereocenters. The Labute approximate surface area is 112 Å². The van der Waals surface area contributed by atoms with E-state index >= 15 is 0 Å². The minimum absolute atomic E-state index is 0.0101. The topological polar surface area (TPSA) is 42.0 Å².